The minimum absolute atomic E-state index is 0.407. The molecule has 1 aromatic rings. The van der Waals surface area contributed by atoms with E-state index in [-0.39, 0.29) is 0 Å². The zero-order valence-corrected chi connectivity index (χ0v) is 13.6. The normalized spacial score (nSPS) is 11.9. The largest absolute Gasteiger partial charge is 0.382 e. The highest BCUT2D eigenvalue weighted by Gasteiger charge is 2.08. The molecular formula is C16H27N5. The van der Waals surface area contributed by atoms with E-state index in [0.717, 1.165) is 12.3 Å². The van der Waals surface area contributed by atoms with Crippen LogP contribution in [0.4, 0.5) is 17.3 Å². The Morgan fingerprint density at radius 1 is 1.24 bits per heavy atom. The van der Waals surface area contributed by atoms with E-state index in [1.54, 1.807) is 6.21 Å². The molecule has 0 bridgehead atoms. The predicted molar refractivity (Wildman–Crippen MR) is 91.3 cm³/mol. The summed E-state index contributed by atoms with van der Waals surface area (Å²) >= 11 is 0. The number of hydrogen-bond acceptors (Lipinski definition) is 5. The SMILES string of the molecule is CC=Nc1c(N)nc(C)nc1NC/C=C\CC(CC)CC. The highest BCUT2D eigenvalue weighted by Crippen LogP contribution is 2.27. The van der Waals surface area contributed by atoms with Crippen molar-refractivity contribution in [1.82, 2.24) is 9.97 Å². The van der Waals surface area contributed by atoms with Crippen LogP contribution in [0, 0.1) is 12.8 Å². The van der Waals surface area contributed by atoms with Gasteiger partial charge in [-0.25, -0.2) is 9.97 Å². The first kappa shape index (κ1) is 17.1. The molecule has 0 fully saturated rings. The van der Waals surface area contributed by atoms with Crippen molar-refractivity contribution in [3.63, 3.8) is 0 Å². The first-order chi connectivity index (χ1) is 10.1. The van der Waals surface area contributed by atoms with Gasteiger partial charge in [-0.3, -0.25) is 4.99 Å². The van der Waals surface area contributed by atoms with E-state index in [4.69, 9.17) is 5.73 Å². The van der Waals surface area contributed by atoms with Crippen LogP contribution in [0.5, 0.6) is 0 Å². The number of nitrogens with zero attached hydrogens (tertiary/aromatic N) is 3. The summed E-state index contributed by atoms with van der Waals surface area (Å²) in [6.45, 7) is 8.86. The number of allylic oxidation sites excluding steroid dienone is 1. The fraction of sp³-hybridized carbons (Fsp3) is 0.562. The lowest BCUT2D eigenvalue weighted by Crippen LogP contribution is -2.06. The standard InChI is InChI=1S/C16H27N5/c1-5-13(6-2)10-8-9-11-19-16-14(18-7-3)15(17)20-12(4)21-16/h7-9,13H,5-6,10-11H2,1-4H3,(H3,17,19,20,21)/b9-8-,18-7?. The molecule has 0 atom stereocenters. The van der Waals surface area contributed by atoms with Crippen molar-refractivity contribution in [2.75, 3.05) is 17.6 Å². The Kier molecular flexibility index (Phi) is 7.43. The maximum atomic E-state index is 5.89. The van der Waals surface area contributed by atoms with Crippen LogP contribution in [0.2, 0.25) is 0 Å². The number of aliphatic imine (C=N–C) groups is 1. The molecule has 0 unspecified atom stereocenters. The van der Waals surface area contributed by atoms with Crippen molar-refractivity contribution < 1.29 is 0 Å². The molecule has 0 spiro atoms. The van der Waals surface area contributed by atoms with Crippen molar-refractivity contribution in [1.29, 1.82) is 0 Å². The number of nitrogens with one attached hydrogen (secondary N) is 1. The molecule has 1 rings (SSSR count). The quantitative estimate of drug-likeness (QED) is 0.562. The van der Waals surface area contributed by atoms with E-state index in [1.165, 1.54) is 12.8 Å². The fourth-order valence-corrected chi connectivity index (χ4v) is 2.12. The first-order valence-corrected chi connectivity index (χ1v) is 7.63. The highest BCUT2D eigenvalue weighted by molar-refractivity contribution is 5.77. The molecule has 0 aliphatic heterocycles. The van der Waals surface area contributed by atoms with Gasteiger partial charge in [0.05, 0.1) is 0 Å². The van der Waals surface area contributed by atoms with Crippen molar-refractivity contribution >= 4 is 23.5 Å². The Morgan fingerprint density at radius 3 is 2.57 bits per heavy atom. The smallest absolute Gasteiger partial charge is 0.158 e. The van der Waals surface area contributed by atoms with Gasteiger partial charge in [0.15, 0.2) is 11.6 Å². The van der Waals surface area contributed by atoms with Gasteiger partial charge in [0, 0.05) is 12.8 Å². The second-order valence-electron chi connectivity index (χ2n) is 5.01. The van der Waals surface area contributed by atoms with E-state index in [0.29, 0.717) is 29.7 Å². The molecule has 0 aliphatic rings. The molecule has 5 nitrogen and oxygen atoms in total. The van der Waals surface area contributed by atoms with Crippen LogP contribution in [-0.4, -0.2) is 22.7 Å². The summed E-state index contributed by atoms with van der Waals surface area (Å²) in [5.74, 6) is 2.51. The predicted octanol–water partition coefficient (Wildman–Crippen LogP) is 3.88. The molecule has 21 heavy (non-hydrogen) atoms. The molecular weight excluding hydrogens is 262 g/mol. The van der Waals surface area contributed by atoms with Crippen LogP contribution in [-0.2, 0) is 0 Å². The average molecular weight is 289 g/mol. The molecule has 1 heterocycles. The van der Waals surface area contributed by atoms with Gasteiger partial charge in [0.1, 0.15) is 11.5 Å². The molecule has 5 heteroatoms. The van der Waals surface area contributed by atoms with Crippen molar-refractivity contribution in [2.45, 2.75) is 47.0 Å². The maximum Gasteiger partial charge on any atom is 0.158 e. The third kappa shape index (κ3) is 5.53. The summed E-state index contributed by atoms with van der Waals surface area (Å²) in [4.78, 5) is 12.7. The van der Waals surface area contributed by atoms with E-state index in [1.807, 2.05) is 13.8 Å². The number of rotatable bonds is 8. The Bertz CT molecular complexity index is 490. The molecule has 116 valence electrons. The molecule has 0 saturated carbocycles. The molecule has 0 aromatic carbocycles. The lowest BCUT2D eigenvalue weighted by atomic mass is 9.99. The third-order valence-corrected chi connectivity index (χ3v) is 3.46. The van der Waals surface area contributed by atoms with Gasteiger partial charge in [-0.15, -0.1) is 0 Å². The lowest BCUT2D eigenvalue weighted by Gasteiger charge is -2.10. The lowest BCUT2D eigenvalue weighted by molar-refractivity contribution is 0.499. The summed E-state index contributed by atoms with van der Waals surface area (Å²) < 4.78 is 0. The molecule has 0 aliphatic carbocycles. The van der Waals surface area contributed by atoms with Gasteiger partial charge in [-0.1, -0.05) is 38.8 Å². The average Bonchev–Trinajstić information content (AvgIpc) is 2.46. The van der Waals surface area contributed by atoms with E-state index in [9.17, 15) is 0 Å². The Balaban J connectivity index is 2.65. The van der Waals surface area contributed by atoms with Gasteiger partial charge in [0.25, 0.3) is 0 Å². The van der Waals surface area contributed by atoms with Crippen LogP contribution < -0.4 is 11.1 Å². The number of hydrogen-bond donors (Lipinski definition) is 2. The van der Waals surface area contributed by atoms with Gasteiger partial charge in [0.2, 0.25) is 0 Å². The number of anilines is 2. The number of aromatic nitrogens is 2. The van der Waals surface area contributed by atoms with Crippen molar-refractivity contribution in [3.8, 4) is 0 Å². The van der Waals surface area contributed by atoms with Gasteiger partial charge in [-0.2, -0.15) is 0 Å². The van der Waals surface area contributed by atoms with E-state index < -0.39 is 0 Å². The second-order valence-corrected chi connectivity index (χ2v) is 5.01. The van der Waals surface area contributed by atoms with Gasteiger partial charge >= 0.3 is 0 Å². The minimum Gasteiger partial charge on any atom is -0.382 e. The molecule has 1 aromatic heterocycles. The molecule has 0 saturated heterocycles. The van der Waals surface area contributed by atoms with Crippen LogP contribution in [0.1, 0.15) is 45.9 Å². The zero-order valence-electron chi connectivity index (χ0n) is 13.6. The highest BCUT2D eigenvalue weighted by atomic mass is 15.1. The zero-order chi connectivity index (χ0) is 15.7. The summed E-state index contributed by atoms with van der Waals surface area (Å²) in [5, 5.41) is 3.26. The molecule has 0 amide bonds. The summed E-state index contributed by atoms with van der Waals surface area (Å²) in [6.07, 6.45) is 9.63. The number of nitrogens with two attached hydrogens (primary N) is 1. The second kappa shape index (κ2) is 9.10. The first-order valence-electron chi connectivity index (χ1n) is 7.63. The van der Waals surface area contributed by atoms with Crippen LogP contribution in [0.25, 0.3) is 0 Å². The van der Waals surface area contributed by atoms with E-state index in [2.05, 4.69) is 46.3 Å². The summed E-state index contributed by atoms with van der Waals surface area (Å²) in [7, 11) is 0. The van der Waals surface area contributed by atoms with Crippen LogP contribution >= 0.6 is 0 Å². The Labute approximate surface area is 127 Å². The van der Waals surface area contributed by atoms with Crippen molar-refractivity contribution in [2.24, 2.45) is 10.9 Å². The summed E-state index contributed by atoms with van der Waals surface area (Å²) in [6, 6.07) is 0. The van der Waals surface area contributed by atoms with Gasteiger partial charge < -0.3 is 11.1 Å². The summed E-state index contributed by atoms with van der Waals surface area (Å²) in [5.41, 5.74) is 6.50. The maximum absolute atomic E-state index is 5.89. The monoisotopic (exact) mass is 289 g/mol. The number of nitrogen functional groups attached to an aromatic ring is 1. The molecule has 3 N–H and O–H groups in total. The topological polar surface area (TPSA) is 76.2 Å². The minimum atomic E-state index is 0.407. The molecule has 0 radical (unpaired) electrons. The fourth-order valence-electron chi connectivity index (χ4n) is 2.12. The van der Waals surface area contributed by atoms with Crippen LogP contribution in [0.3, 0.4) is 0 Å². The van der Waals surface area contributed by atoms with Crippen LogP contribution in [0.15, 0.2) is 17.1 Å². The van der Waals surface area contributed by atoms with Crippen molar-refractivity contribution in [3.05, 3.63) is 18.0 Å². The Hall–Kier alpha value is -1.91. The number of aryl methyl sites for hydroxylation is 1. The van der Waals surface area contributed by atoms with E-state index >= 15 is 0 Å². The Morgan fingerprint density at radius 2 is 1.95 bits per heavy atom. The third-order valence-electron chi connectivity index (χ3n) is 3.46. The van der Waals surface area contributed by atoms with Gasteiger partial charge in [-0.05, 0) is 26.2 Å².